The number of fused-ring (bicyclic) bond motifs is 2. The fourth-order valence-corrected chi connectivity index (χ4v) is 5.26. The smallest absolute Gasteiger partial charge is 0.404 e. The molecule has 3 amide bonds. The van der Waals surface area contributed by atoms with Crippen LogP contribution in [0.2, 0.25) is 0 Å². The lowest BCUT2D eigenvalue weighted by Crippen LogP contribution is -2.55. The van der Waals surface area contributed by atoms with Crippen molar-refractivity contribution in [3.8, 4) is 0 Å². The molecule has 3 aliphatic rings. The van der Waals surface area contributed by atoms with Crippen molar-refractivity contribution < 1.29 is 14.7 Å². The van der Waals surface area contributed by atoms with Crippen molar-refractivity contribution >= 4 is 29.0 Å². The Kier molecular flexibility index (Phi) is 4.44. The first-order chi connectivity index (χ1) is 14.4. The maximum atomic E-state index is 13.1. The van der Waals surface area contributed by atoms with Gasteiger partial charge >= 0.3 is 12.1 Å². The number of likely N-dealkylation sites (tertiary alicyclic amines) is 2. The molecule has 160 valence electrons. The van der Waals surface area contributed by atoms with Gasteiger partial charge in [-0.25, -0.2) is 19.6 Å². The second kappa shape index (κ2) is 7.03. The molecule has 5 rings (SSSR count). The van der Waals surface area contributed by atoms with Gasteiger partial charge in [0, 0.05) is 57.3 Å². The summed E-state index contributed by atoms with van der Waals surface area (Å²) in [6, 6.07) is 2.22. The number of aromatic amines is 1. The van der Waals surface area contributed by atoms with Crippen LogP contribution in [0, 0.1) is 17.8 Å². The van der Waals surface area contributed by atoms with Gasteiger partial charge in [0.2, 0.25) is 0 Å². The summed E-state index contributed by atoms with van der Waals surface area (Å²) in [6.45, 7) is 4.89. The zero-order valence-electron chi connectivity index (χ0n) is 17.2. The number of urea groups is 1. The van der Waals surface area contributed by atoms with Gasteiger partial charge in [0.25, 0.3) is 0 Å². The highest BCUT2D eigenvalue weighted by Crippen LogP contribution is 2.45. The van der Waals surface area contributed by atoms with E-state index in [0.29, 0.717) is 25.6 Å². The molecule has 2 aromatic heterocycles. The Labute approximate surface area is 174 Å². The van der Waals surface area contributed by atoms with Gasteiger partial charge in [-0.3, -0.25) is 0 Å². The molecular formula is C20H27N7O3. The van der Waals surface area contributed by atoms with E-state index in [-0.39, 0.29) is 30.0 Å². The third-order valence-corrected chi connectivity index (χ3v) is 7.11. The Morgan fingerprint density at radius 3 is 2.73 bits per heavy atom. The lowest BCUT2D eigenvalue weighted by Gasteiger charge is -2.43. The summed E-state index contributed by atoms with van der Waals surface area (Å²) in [4.78, 5) is 41.9. The lowest BCUT2D eigenvalue weighted by atomic mass is 9.92. The van der Waals surface area contributed by atoms with Crippen molar-refractivity contribution in [3.05, 3.63) is 18.6 Å². The first-order valence-electron chi connectivity index (χ1n) is 10.5. The van der Waals surface area contributed by atoms with Crippen LogP contribution in [0.4, 0.5) is 15.4 Å². The van der Waals surface area contributed by atoms with Crippen LogP contribution in [0.15, 0.2) is 18.6 Å². The molecule has 1 saturated carbocycles. The van der Waals surface area contributed by atoms with Crippen LogP contribution < -0.4 is 10.2 Å². The summed E-state index contributed by atoms with van der Waals surface area (Å²) in [7, 11) is 2.04. The molecule has 0 radical (unpaired) electrons. The van der Waals surface area contributed by atoms with Crippen LogP contribution in [0.25, 0.3) is 11.0 Å². The topological polar surface area (TPSA) is 118 Å². The number of rotatable bonds is 3. The Morgan fingerprint density at radius 1 is 1.23 bits per heavy atom. The largest absolute Gasteiger partial charge is 0.465 e. The van der Waals surface area contributed by atoms with E-state index in [1.54, 1.807) is 6.33 Å². The number of H-pyrrole nitrogens is 1. The zero-order valence-corrected chi connectivity index (χ0v) is 17.2. The van der Waals surface area contributed by atoms with Crippen molar-refractivity contribution in [1.82, 2.24) is 30.1 Å². The van der Waals surface area contributed by atoms with Crippen LogP contribution in [0.3, 0.4) is 0 Å². The first-order valence-corrected chi connectivity index (χ1v) is 10.5. The normalized spacial score (nSPS) is 30.3. The molecule has 2 aromatic rings. The minimum Gasteiger partial charge on any atom is -0.465 e. The number of hydrogen-bond donors (Lipinski definition) is 3. The van der Waals surface area contributed by atoms with E-state index in [1.165, 1.54) is 0 Å². The molecule has 4 atom stereocenters. The number of nitrogens with one attached hydrogen (secondary N) is 2. The van der Waals surface area contributed by atoms with Crippen molar-refractivity contribution in [2.75, 3.05) is 38.1 Å². The number of nitrogens with zero attached hydrogens (tertiary/aromatic N) is 5. The summed E-state index contributed by atoms with van der Waals surface area (Å²) in [5.41, 5.74) is 0.809. The van der Waals surface area contributed by atoms with Gasteiger partial charge in [0.05, 0.1) is 11.4 Å². The van der Waals surface area contributed by atoms with Gasteiger partial charge in [-0.2, -0.15) is 0 Å². The van der Waals surface area contributed by atoms with Crippen molar-refractivity contribution in [3.63, 3.8) is 0 Å². The minimum absolute atomic E-state index is 0.00772. The molecular weight excluding hydrogens is 386 g/mol. The van der Waals surface area contributed by atoms with E-state index >= 15 is 0 Å². The van der Waals surface area contributed by atoms with E-state index in [2.05, 4.69) is 32.1 Å². The Hall–Kier alpha value is -3.04. The Balaban J connectivity index is 1.26. The van der Waals surface area contributed by atoms with Crippen LogP contribution in [-0.2, 0) is 0 Å². The van der Waals surface area contributed by atoms with Crippen molar-refractivity contribution in [2.24, 2.45) is 17.8 Å². The number of amides is 3. The molecule has 4 unspecified atom stereocenters. The van der Waals surface area contributed by atoms with Gasteiger partial charge < -0.3 is 30.1 Å². The van der Waals surface area contributed by atoms with E-state index in [1.807, 2.05) is 29.1 Å². The van der Waals surface area contributed by atoms with E-state index in [4.69, 9.17) is 5.11 Å². The quantitative estimate of drug-likeness (QED) is 0.701. The molecule has 10 nitrogen and oxygen atoms in total. The van der Waals surface area contributed by atoms with Crippen LogP contribution in [0.5, 0.6) is 0 Å². The summed E-state index contributed by atoms with van der Waals surface area (Å²) in [5.74, 6) is 1.82. The Bertz CT molecular complexity index is 966. The molecule has 0 bridgehead atoms. The number of piperidine rings is 2. The lowest BCUT2D eigenvalue weighted by molar-refractivity contribution is 0.128. The SMILES string of the molecule is CC1CCN(C(=O)N2CC3C(C2)C3NC(=O)O)CC1N(C)c1ncnc2[nH]ccc12. The third-order valence-electron chi connectivity index (χ3n) is 7.11. The molecule has 10 heteroatoms. The fraction of sp³-hybridized carbons (Fsp3) is 0.600. The van der Waals surface area contributed by atoms with E-state index < -0.39 is 6.09 Å². The highest BCUT2D eigenvalue weighted by Gasteiger charge is 2.58. The summed E-state index contributed by atoms with van der Waals surface area (Å²) < 4.78 is 0. The third kappa shape index (κ3) is 3.10. The summed E-state index contributed by atoms with van der Waals surface area (Å²) in [6.07, 6.45) is 3.39. The van der Waals surface area contributed by atoms with Crippen molar-refractivity contribution in [2.45, 2.75) is 25.4 Å². The number of anilines is 1. The van der Waals surface area contributed by atoms with Crippen LogP contribution in [0.1, 0.15) is 13.3 Å². The van der Waals surface area contributed by atoms with Gasteiger partial charge in [0.1, 0.15) is 17.8 Å². The second-order valence-electron chi connectivity index (χ2n) is 8.82. The maximum Gasteiger partial charge on any atom is 0.404 e. The van der Waals surface area contributed by atoms with E-state index in [0.717, 1.165) is 29.8 Å². The molecule has 2 saturated heterocycles. The molecule has 1 aliphatic carbocycles. The highest BCUT2D eigenvalue weighted by molar-refractivity contribution is 5.87. The summed E-state index contributed by atoms with van der Waals surface area (Å²) >= 11 is 0. The van der Waals surface area contributed by atoms with E-state index in [9.17, 15) is 9.59 Å². The predicted octanol–water partition coefficient (Wildman–Crippen LogP) is 1.42. The minimum atomic E-state index is -0.982. The molecule has 2 aliphatic heterocycles. The second-order valence-corrected chi connectivity index (χ2v) is 8.82. The van der Waals surface area contributed by atoms with Gasteiger partial charge in [-0.1, -0.05) is 6.92 Å². The predicted molar refractivity (Wildman–Crippen MR) is 110 cm³/mol. The number of carboxylic acid groups (broad SMARTS) is 1. The zero-order chi connectivity index (χ0) is 21.0. The van der Waals surface area contributed by atoms with Gasteiger partial charge in [-0.05, 0) is 18.4 Å². The molecule has 0 aromatic carbocycles. The average molecular weight is 413 g/mol. The number of carbonyl (C=O) groups excluding carboxylic acids is 1. The Morgan fingerprint density at radius 2 is 2.00 bits per heavy atom. The maximum absolute atomic E-state index is 13.1. The summed E-state index contributed by atoms with van der Waals surface area (Å²) in [5, 5.41) is 12.4. The average Bonchev–Trinajstić information content (AvgIpc) is 3.12. The van der Waals surface area contributed by atoms with Gasteiger partial charge in [-0.15, -0.1) is 0 Å². The fourth-order valence-electron chi connectivity index (χ4n) is 5.26. The standard InChI is InChI=1S/C20H27N7O3/c1-11-4-6-26(20(30)27-7-13-14(8-27)16(13)24-19(28)29)9-15(11)25(2)18-12-3-5-21-17(12)22-10-23-18/h3,5,10-11,13-16,24H,4,6-9H2,1-2H3,(H,28,29)(H,21,22,23). The van der Waals surface area contributed by atoms with Gasteiger partial charge in [0.15, 0.2) is 0 Å². The van der Waals surface area contributed by atoms with Crippen molar-refractivity contribution in [1.29, 1.82) is 0 Å². The number of aromatic nitrogens is 3. The number of likely N-dealkylation sites (N-methyl/N-ethyl adjacent to an activating group) is 1. The first kappa shape index (κ1) is 19.0. The monoisotopic (exact) mass is 413 g/mol. The molecule has 30 heavy (non-hydrogen) atoms. The highest BCUT2D eigenvalue weighted by atomic mass is 16.4. The molecule has 0 spiro atoms. The number of carbonyl (C=O) groups is 2. The number of hydrogen-bond acceptors (Lipinski definition) is 5. The van der Waals surface area contributed by atoms with Crippen LogP contribution in [-0.4, -0.2) is 87.3 Å². The van der Waals surface area contributed by atoms with Crippen LogP contribution >= 0.6 is 0 Å². The molecule has 3 fully saturated rings. The molecule has 4 heterocycles. The molecule has 3 N–H and O–H groups in total.